The van der Waals surface area contributed by atoms with E-state index in [9.17, 15) is 19.8 Å². The zero-order chi connectivity index (χ0) is 32.0. The van der Waals surface area contributed by atoms with E-state index in [2.05, 4.69) is 10.2 Å². The summed E-state index contributed by atoms with van der Waals surface area (Å²) in [6.07, 6.45) is 0.105. The highest BCUT2D eigenvalue weighted by molar-refractivity contribution is 6.30. The Morgan fingerprint density at radius 3 is 2.22 bits per heavy atom. The molecule has 240 valence electrons. The quantitative estimate of drug-likeness (QED) is 0.268. The standard InChI is InChI=1S/C35H41ClN2O7/c1-23(43-24(2)40)33(41)37-20-25-3-9-28(10-4-25)34-44-31(19-32(45-34)27-7-5-26(22-39)6-8-27)21-38-17-15-35(42,16-18-38)29-11-13-30(36)14-12-29/h3-14,23,31-32,34,39,42H,15-22H2,1-2H3,(H,37,41)/t23-,31+,32-,34-/m0/s1. The van der Waals surface area contributed by atoms with Gasteiger partial charge >= 0.3 is 5.97 Å². The molecule has 10 heteroatoms. The molecule has 5 rings (SSSR count). The van der Waals surface area contributed by atoms with Crippen molar-refractivity contribution in [3.05, 3.63) is 106 Å². The van der Waals surface area contributed by atoms with Gasteiger partial charge in [0.15, 0.2) is 12.4 Å². The predicted molar refractivity (Wildman–Crippen MR) is 169 cm³/mol. The number of aliphatic hydroxyl groups is 2. The Bertz CT molecular complexity index is 1420. The summed E-state index contributed by atoms with van der Waals surface area (Å²) in [5.41, 5.74) is 3.61. The number of carbonyl (C=O) groups excluding carboxylic acids is 2. The molecule has 3 N–H and O–H groups in total. The van der Waals surface area contributed by atoms with Gasteiger partial charge < -0.3 is 34.6 Å². The molecule has 45 heavy (non-hydrogen) atoms. The monoisotopic (exact) mass is 636 g/mol. The van der Waals surface area contributed by atoms with Crippen molar-refractivity contribution >= 4 is 23.5 Å². The van der Waals surface area contributed by atoms with Crippen molar-refractivity contribution < 1.29 is 34.0 Å². The van der Waals surface area contributed by atoms with E-state index < -0.39 is 24.0 Å². The van der Waals surface area contributed by atoms with Crippen LogP contribution in [-0.2, 0) is 42.6 Å². The summed E-state index contributed by atoms with van der Waals surface area (Å²) in [5.74, 6) is -0.870. The van der Waals surface area contributed by atoms with Crippen LogP contribution in [0.1, 0.15) is 73.3 Å². The highest BCUT2D eigenvalue weighted by Crippen LogP contribution is 2.39. The third kappa shape index (κ3) is 8.70. The first-order valence-electron chi connectivity index (χ1n) is 15.4. The van der Waals surface area contributed by atoms with Crippen LogP contribution in [0.4, 0.5) is 0 Å². The van der Waals surface area contributed by atoms with Crippen LogP contribution in [0.15, 0.2) is 72.8 Å². The van der Waals surface area contributed by atoms with Gasteiger partial charge in [-0.1, -0.05) is 72.3 Å². The number of hydrogen-bond donors (Lipinski definition) is 3. The molecule has 2 fully saturated rings. The third-order valence-electron chi connectivity index (χ3n) is 8.57. The smallest absolute Gasteiger partial charge is 0.303 e. The lowest BCUT2D eigenvalue weighted by Crippen LogP contribution is -2.46. The maximum absolute atomic E-state index is 12.2. The number of halogens is 1. The number of esters is 1. The van der Waals surface area contributed by atoms with Crippen LogP contribution in [0, 0.1) is 0 Å². The van der Waals surface area contributed by atoms with Crippen molar-refractivity contribution in [3.63, 3.8) is 0 Å². The molecule has 0 bridgehead atoms. The zero-order valence-electron chi connectivity index (χ0n) is 25.7. The Balaban J connectivity index is 1.24. The van der Waals surface area contributed by atoms with Crippen LogP contribution in [0.25, 0.3) is 0 Å². The van der Waals surface area contributed by atoms with Gasteiger partial charge in [0.05, 0.1) is 24.4 Å². The zero-order valence-corrected chi connectivity index (χ0v) is 26.4. The molecule has 0 aromatic heterocycles. The van der Waals surface area contributed by atoms with Crippen molar-refractivity contribution in [3.8, 4) is 0 Å². The molecule has 3 aromatic carbocycles. The molecule has 2 saturated heterocycles. The molecule has 2 aliphatic rings. The Labute approximate surface area is 269 Å². The minimum Gasteiger partial charge on any atom is -0.453 e. The van der Waals surface area contributed by atoms with Gasteiger partial charge in [0, 0.05) is 50.1 Å². The van der Waals surface area contributed by atoms with Crippen LogP contribution in [0.2, 0.25) is 5.02 Å². The van der Waals surface area contributed by atoms with Crippen molar-refractivity contribution in [2.24, 2.45) is 0 Å². The Morgan fingerprint density at radius 1 is 0.978 bits per heavy atom. The lowest BCUT2D eigenvalue weighted by molar-refractivity contribution is -0.253. The van der Waals surface area contributed by atoms with E-state index in [0.717, 1.165) is 40.9 Å². The summed E-state index contributed by atoms with van der Waals surface area (Å²) < 4.78 is 18.0. The van der Waals surface area contributed by atoms with E-state index in [0.29, 0.717) is 30.8 Å². The number of ether oxygens (including phenoxy) is 3. The number of carbonyl (C=O) groups is 2. The highest BCUT2D eigenvalue weighted by atomic mass is 35.5. The number of hydrogen-bond acceptors (Lipinski definition) is 8. The molecule has 1 amide bonds. The first kappa shape index (κ1) is 33.1. The van der Waals surface area contributed by atoms with Crippen LogP contribution < -0.4 is 5.32 Å². The van der Waals surface area contributed by atoms with E-state index in [4.69, 9.17) is 25.8 Å². The number of likely N-dealkylation sites (tertiary alicyclic amines) is 1. The molecule has 0 radical (unpaired) electrons. The number of aliphatic hydroxyl groups excluding tert-OH is 1. The first-order chi connectivity index (χ1) is 21.6. The second kappa shape index (κ2) is 14.9. The minimum absolute atomic E-state index is 0.0209. The van der Waals surface area contributed by atoms with Crippen LogP contribution in [-0.4, -0.2) is 58.8 Å². The number of benzene rings is 3. The number of piperidine rings is 1. The van der Waals surface area contributed by atoms with Crippen LogP contribution in [0.3, 0.4) is 0 Å². The molecule has 4 atom stereocenters. The Hall–Kier alpha value is -3.31. The summed E-state index contributed by atoms with van der Waals surface area (Å²) in [5, 5.41) is 24.3. The van der Waals surface area contributed by atoms with Gasteiger partial charge in [0.1, 0.15) is 0 Å². The van der Waals surface area contributed by atoms with Gasteiger partial charge in [-0.3, -0.25) is 9.59 Å². The van der Waals surface area contributed by atoms with Gasteiger partial charge in [0.2, 0.25) is 0 Å². The third-order valence-corrected chi connectivity index (χ3v) is 8.82. The fourth-order valence-electron chi connectivity index (χ4n) is 5.90. The summed E-state index contributed by atoms with van der Waals surface area (Å²) >= 11 is 6.06. The second-order valence-electron chi connectivity index (χ2n) is 11.9. The van der Waals surface area contributed by atoms with E-state index >= 15 is 0 Å². The minimum atomic E-state index is -0.878. The number of nitrogens with zero attached hydrogens (tertiary/aromatic N) is 1. The molecule has 0 saturated carbocycles. The van der Waals surface area contributed by atoms with Gasteiger partial charge in [-0.25, -0.2) is 0 Å². The normalized spacial score (nSPS) is 22.4. The summed E-state index contributed by atoms with van der Waals surface area (Å²) in [6.45, 7) is 5.24. The number of rotatable bonds is 10. The average molecular weight is 637 g/mol. The van der Waals surface area contributed by atoms with Gasteiger partial charge in [-0.15, -0.1) is 0 Å². The highest BCUT2D eigenvalue weighted by Gasteiger charge is 2.37. The number of amides is 1. The van der Waals surface area contributed by atoms with Crippen molar-refractivity contribution in [1.82, 2.24) is 10.2 Å². The van der Waals surface area contributed by atoms with E-state index in [1.54, 1.807) is 0 Å². The van der Waals surface area contributed by atoms with Gasteiger partial charge in [-0.05, 0) is 54.2 Å². The molecule has 0 aliphatic carbocycles. The van der Waals surface area contributed by atoms with Gasteiger partial charge in [0.25, 0.3) is 5.91 Å². The number of nitrogens with one attached hydrogen (secondary N) is 1. The maximum atomic E-state index is 12.2. The molecule has 2 heterocycles. The Kier molecular flexibility index (Phi) is 10.9. The predicted octanol–water partition coefficient (Wildman–Crippen LogP) is 4.93. The molecule has 0 unspecified atom stereocenters. The topological polar surface area (TPSA) is 118 Å². The van der Waals surface area contributed by atoms with Crippen LogP contribution >= 0.6 is 11.6 Å². The molecular weight excluding hydrogens is 596 g/mol. The van der Waals surface area contributed by atoms with Gasteiger partial charge in [-0.2, -0.15) is 0 Å². The summed E-state index contributed by atoms with van der Waals surface area (Å²) in [7, 11) is 0. The largest absolute Gasteiger partial charge is 0.453 e. The van der Waals surface area contributed by atoms with Crippen molar-refractivity contribution in [2.45, 2.75) is 76.5 Å². The lowest BCUT2D eigenvalue weighted by atomic mass is 9.84. The molecule has 0 spiro atoms. The molecule has 3 aromatic rings. The van der Waals surface area contributed by atoms with E-state index in [1.165, 1.54) is 13.8 Å². The first-order valence-corrected chi connectivity index (χ1v) is 15.7. The van der Waals surface area contributed by atoms with Crippen molar-refractivity contribution in [2.75, 3.05) is 19.6 Å². The fourth-order valence-corrected chi connectivity index (χ4v) is 6.03. The fraction of sp³-hybridized carbons (Fsp3) is 0.429. The molecular formula is C35H41ClN2O7. The van der Waals surface area contributed by atoms with E-state index in [1.807, 2.05) is 72.8 Å². The second-order valence-corrected chi connectivity index (χ2v) is 12.3. The van der Waals surface area contributed by atoms with Crippen molar-refractivity contribution in [1.29, 1.82) is 0 Å². The SMILES string of the molecule is CC(=O)O[C@@H](C)C(=O)NCc1ccc([C@H]2O[C@@H](CN3CCC(O)(c4ccc(Cl)cc4)CC3)C[C@@H](c3ccc(CO)cc3)O2)cc1. The summed E-state index contributed by atoms with van der Waals surface area (Å²) in [4.78, 5) is 25.7. The van der Waals surface area contributed by atoms with Crippen LogP contribution in [0.5, 0.6) is 0 Å². The maximum Gasteiger partial charge on any atom is 0.303 e. The lowest BCUT2D eigenvalue weighted by Gasteiger charge is -2.42. The van der Waals surface area contributed by atoms with E-state index in [-0.39, 0.29) is 31.3 Å². The average Bonchev–Trinajstić information content (AvgIpc) is 3.05. The Morgan fingerprint density at radius 2 is 1.60 bits per heavy atom. The summed E-state index contributed by atoms with van der Waals surface area (Å²) in [6, 6.07) is 22.9. The molecule has 2 aliphatic heterocycles. The molecule has 9 nitrogen and oxygen atoms in total.